The summed E-state index contributed by atoms with van der Waals surface area (Å²) in [5.74, 6) is 0. The van der Waals surface area contributed by atoms with Crippen molar-refractivity contribution in [1.29, 1.82) is 0 Å². The van der Waals surface area contributed by atoms with Crippen LogP contribution >= 0.6 is 0 Å². The van der Waals surface area contributed by atoms with E-state index in [0.29, 0.717) is 6.54 Å². The maximum absolute atomic E-state index is 12.4. The SMILES string of the molecule is CC1(CN)CCN(c2ccc(C(F)(F)F)cc2)C1. The largest absolute Gasteiger partial charge is 0.416 e. The van der Waals surface area contributed by atoms with Gasteiger partial charge in [0.2, 0.25) is 0 Å². The number of anilines is 1. The smallest absolute Gasteiger partial charge is 0.371 e. The first-order valence-corrected chi connectivity index (χ1v) is 5.96. The molecule has 0 aromatic heterocycles. The first kappa shape index (κ1) is 13.2. The van der Waals surface area contributed by atoms with Gasteiger partial charge in [-0.25, -0.2) is 0 Å². The summed E-state index contributed by atoms with van der Waals surface area (Å²) in [7, 11) is 0. The Kier molecular flexibility index (Phi) is 3.27. The summed E-state index contributed by atoms with van der Waals surface area (Å²) in [6.07, 6.45) is -3.29. The van der Waals surface area contributed by atoms with Gasteiger partial charge in [0.05, 0.1) is 5.56 Å². The summed E-state index contributed by atoms with van der Waals surface area (Å²) in [5, 5.41) is 0. The second-order valence-electron chi connectivity index (χ2n) is 5.23. The highest BCUT2D eigenvalue weighted by Gasteiger charge is 2.33. The van der Waals surface area contributed by atoms with Crippen LogP contribution in [-0.2, 0) is 6.18 Å². The average molecular weight is 258 g/mol. The van der Waals surface area contributed by atoms with Crippen molar-refractivity contribution < 1.29 is 13.2 Å². The highest BCUT2D eigenvalue weighted by atomic mass is 19.4. The van der Waals surface area contributed by atoms with Crippen molar-refractivity contribution >= 4 is 5.69 Å². The third-order valence-electron chi connectivity index (χ3n) is 3.61. The van der Waals surface area contributed by atoms with Crippen molar-refractivity contribution in [3.63, 3.8) is 0 Å². The zero-order valence-corrected chi connectivity index (χ0v) is 10.3. The lowest BCUT2D eigenvalue weighted by Crippen LogP contribution is -2.31. The van der Waals surface area contributed by atoms with Gasteiger partial charge in [-0.2, -0.15) is 13.2 Å². The monoisotopic (exact) mass is 258 g/mol. The summed E-state index contributed by atoms with van der Waals surface area (Å²) in [5.41, 5.74) is 6.02. The lowest BCUT2D eigenvalue weighted by atomic mass is 9.90. The number of halogens is 3. The molecule has 1 unspecified atom stereocenters. The molecule has 0 aliphatic carbocycles. The molecule has 0 bridgehead atoms. The van der Waals surface area contributed by atoms with E-state index in [4.69, 9.17) is 5.73 Å². The molecule has 2 nitrogen and oxygen atoms in total. The Balaban J connectivity index is 2.12. The van der Waals surface area contributed by atoms with E-state index in [0.717, 1.165) is 37.3 Å². The van der Waals surface area contributed by atoms with Gasteiger partial charge in [0, 0.05) is 18.8 Å². The summed E-state index contributed by atoms with van der Waals surface area (Å²) >= 11 is 0. The zero-order chi connectivity index (χ0) is 13.4. The fourth-order valence-electron chi connectivity index (χ4n) is 2.27. The second-order valence-corrected chi connectivity index (χ2v) is 5.23. The van der Waals surface area contributed by atoms with E-state index in [1.807, 2.05) is 0 Å². The second kappa shape index (κ2) is 4.46. The Morgan fingerprint density at radius 2 is 1.89 bits per heavy atom. The number of benzene rings is 1. The zero-order valence-electron chi connectivity index (χ0n) is 10.3. The summed E-state index contributed by atoms with van der Waals surface area (Å²) in [6, 6.07) is 5.33. The minimum atomic E-state index is -4.27. The predicted molar refractivity (Wildman–Crippen MR) is 65.4 cm³/mol. The lowest BCUT2D eigenvalue weighted by Gasteiger charge is -2.24. The fraction of sp³-hybridized carbons (Fsp3) is 0.538. The predicted octanol–water partition coefficient (Wildman–Crippen LogP) is 2.88. The lowest BCUT2D eigenvalue weighted by molar-refractivity contribution is -0.137. The summed E-state index contributed by atoms with van der Waals surface area (Å²) in [6.45, 7) is 4.36. The van der Waals surface area contributed by atoms with Crippen molar-refractivity contribution in [1.82, 2.24) is 0 Å². The molecule has 2 N–H and O–H groups in total. The van der Waals surface area contributed by atoms with E-state index in [2.05, 4.69) is 11.8 Å². The standard InChI is InChI=1S/C13H17F3N2/c1-12(8-17)6-7-18(9-12)11-4-2-10(3-5-11)13(14,15)16/h2-5H,6-9,17H2,1H3. The van der Waals surface area contributed by atoms with Crippen molar-refractivity contribution in [2.75, 3.05) is 24.5 Å². The Labute approximate surface area is 105 Å². The van der Waals surface area contributed by atoms with Crippen LogP contribution in [0.15, 0.2) is 24.3 Å². The molecular weight excluding hydrogens is 241 g/mol. The van der Waals surface area contributed by atoms with Crippen molar-refractivity contribution in [3.05, 3.63) is 29.8 Å². The summed E-state index contributed by atoms with van der Waals surface area (Å²) in [4.78, 5) is 2.09. The first-order valence-electron chi connectivity index (χ1n) is 5.96. The van der Waals surface area contributed by atoms with E-state index >= 15 is 0 Å². The Bertz CT molecular complexity index is 413. The third kappa shape index (κ3) is 2.61. The average Bonchev–Trinajstić information content (AvgIpc) is 2.72. The van der Waals surface area contributed by atoms with Crippen LogP contribution in [0.2, 0.25) is 0 Å². The Hall–Kier alpha value is -1.23. The van der Waals surface area contributed by atoms with Crippen LogP contribution < -0.4 is 10.6 Å². The minimum Gasteiger partial charge on any atom is -0.371 e. The molecule has 100 valence electrons. The minimum absolute atomic E-state index is 0.0721. The van der Waals surface area contributed by atoms with E-state index in [9.17, 15) is 13.2 Å². The molecule has 1 aromatic carbocycles. The molecule has 1 atom stereocenters. The molecule has 5 heteroatoms. The highest BCUT2D eigenvalue weighted by Crippen LogP contribution is 2.34. The van der Waals surface area contributed by atoms with Gasteiger partial charge in [-0.3, -0.25) is 0 Å². The van der Waals surface area contributed by atoms with Crippen molar-refractivity contribution in [2.24, 2.45) is 11.1 Å². The van der Waals surface area contributed by atoms with E-state index < -0.39 is 11.7 Å². The molecule has 0 radical (unpaired) electrons. The normalized spacial score (nSPS) is 24.6. The van der Waals surface area contributed by atoms with Crippen molar-refractivity contribution in [2.45, 2.75) is 19.5 Å². The van der Waals surface area contributed by atoms with Crippen molar-refractivity contribution in [3.8, 4) is 0 Å². The highest BCUT2D eigenvalue weighted by molar-refractivity contribution is 5.49. The van der Waals surface area contributed by atoms with Crippen LogP contribution in [-0.4, -0.2) is 19.6 Å². The number of hydrogen-bond donors (Lipinski definition) is 1. The number of hydrogen-bond acceptors (Lipinski definition) is 2. The third-order valence-corrected chi connectivity index (χ3v) is 3.61. The van der Waals surface area contributed by atoms with Gasteiger partial charge in [0.15, 0.2) is 0 Å². The van der Waals surface area contributed by atoms with Crippen LogP contribution in [0.4, 0.5) is 18.9 Å². The fourth-order valence-corrected chi connectivity index (χ4v) is 2.27. The van der Waals surface area contributed by atoms with E-state index in [1.165, 1.54) is 12.1 Å². The maximum atomic E-state index is 12.4. The number of rotatable bonds is 2. The van der Waals surface area contributed by atoms with E-state index in [1.54, 1.807) is 0 Å². The number of alkyl halides is 3. The van der Waals surface area contributed by atoms with Gasteiger partial charge in [-0.05, 0) is 42.6 Å². The van der Waals surface area contributed by atoms with Gasteiger partial charge < -0.3 is 10.6 Å². The van der Waals surface area contributed by atoms with Crippen LogP contribution in [0, 0.1) is 5.41 Å². The van der Waals surface area contributed by atoms with Gasteiger partial charge in [-0.15, -0.1) is 0 Å². The number of nitrogens with zero attached hydrogens (tertiary/aromatic N) is 1. The maximum Gasteiger partial charge on any atom is 0.416 e. The molecule has 1 fully saturated rings. The molecule has 2 rings (SSSR count). The molecule has 18 heavy (non-hydrogen) atoms. The molecule has 1 aliphatic rings. The molecule has 0 amide bonds. The van der Waals surface area contributed by atoms with Crippen LogP contribution in [0.3, 0.4) is 0 Å². The topological polar surface area (TPSA) is 29.3 Å². The van der Waals surface area contributed by atoms with E-state index in [-0.39, 0.29) is 5.41 Å². The molecular formula is C13H17F3N2. The van der Waals surface area contributed by atoms with Crippen LogP contribution in [0.1, 0.15) is 18.9 Å². The molecule has 1 heterocycles. The van der Waals surface area contributed by atoms with Gasteiger partial charge in [0.25, 0.3) is 0 Å². The Morgan fingerprint density at radius 3 is 2.33 bits per heavy atom. The van der Waals surface area contributed by atoms with Gasteiger partial charge in [-0.1, -0.05) is 6.92 Å². The number of nitrogens with two attached hydrogens (primary N) is 1. The summed E-state index contributed by atoms with van der Waals surface area (Å²) < 4.78 is 37.3. The molecule has 1 aromatic rings. The van der Waals surface area contributed by atoms with Crippen LogP contribution in [0.5, 0.6) is 0 Å². The quantitative estimate of drug-likeness (QED) is 0.883. The first-order chi connectivity index (χ1) is 8.34. The molecule has 0 saturated carbocycles. The molecule has 1 saturated heterocycles. The molecule has 0 spiro atoms. The molecule has 1 aliphatic heterocycles. The van der Waals surface area contributed by atoms with Gasteiger partial charge >= 0.3 is 6.18 Å². The van der Waals surface area contributed by atoms with Gasteiger partial charge in [0.1, 0.15) is 0 Å². The Morgan fingerprint density at radius 1 is 1.28 bits per heavy atom. The van der Waals surface area contributed by atoms with Crippen LogP contribution in [0.25, 0.3) is 0 Å².